The topological polar surface area (TPSA) is 55.1 Å². The lowest BCUT2D eigenvalue weighted by atomic mass is 9.94. The monoisotopic (exact) mass is 346 g/mol. The zero-order valence-electron chi connectivity index (χ0n) is 11.2. The molecule has 0 radical (unpaired) electrons. The molecule has 1 rings (SSSR count). The molecule has 0 spiro atoms. The molecule has 106 valence electrons. The van der Waals surface area contributed by atoms with Gasteiger partial charge in [0.25, 0.3) is 0 Å². The van der Waals surface area contributed by atoms with Gasteiger partial charge in [0.1, 0.15) is 0 Å². The molecule has 0 aliphatic rings. The first kappa shape index (κ1) is 16.5. The van der Waals surface area contributed by atoms with Crippen LogP contribution in [0.4, 0.5) is 5.69 Å². The van der Waals surface area contributed by atoms with E-state index in [4.69, 9.17) is 17.3 Å². The fourth-order valence-electron chi connectivity index (χ4n) is 1.99. The van der Waals surface area contributed by atoms with Crippen molar-refractivity contribution in [3.63, 3.8) is 0 Å². The predicted molar refractivity (Wildman–Crippen MR) is 84.4 cm³/mol. The highest BCUT2D eigenvalue weighted by Crippen LogP contribution is 2.30. The molecule has 19 heavy (non-hydrogen) atoms. The lowest BCUT2D eigenvalue weighted by molar-refractivity contribution is -0.117. The van der Waals surface area contributed by atoms with Crippen LogP contribution in [0.15, 0.2) is 22.7 Å². The summed E-state index contributed by atoms with van der Waals surface area (Å²) in [6.45, 7) is 4.80. The SMILES string of the molecule is CC(C)CC(CN)CC(=O)Nc1cccc(Cl)c1Br. The van der Waals surface area contributed by atoms with Crippen LogP contribution in [-0.2, 0) is 4.79 Å². The Labute approximate surface area is 128 Å². The van der Waals surface area contributed by atoms with Crippen LogP contribution >= 0.6 is 27.5 Å². The number of nitrogens with two attached hydrogens (primary N) is 1. The van der Waals surface area contributed by atoms with Crippen molar-refractivity contribution in [1.82, 2.24) is 0 Å². The van der Waals surface area contributed by atoms with Crippen LogP contribution in [0.1, 0.15) is 26.7 Å². The number of nitrogens with one attached hydrogen (secondary N) is 1. The lowest BCUT2D eigenvalue weighted by Crippen LogP contribution is -2.23. The fourth-order valence-corrected chi connectivity index (χ4v) is 2.53. The largest absolute Gasteiger partial charge is 0.330 e. The van der Waals surface area contributed by atoms with Crippen molar-refractivity contribution in [2.75, 3.05) is 11.9 Å². The maximum absolute atomic E-state index is 12.0. The molecular formula is C14H20BrClN2O. The average Bonchev–Trinajstić information content (AvgIpc) is 2.33. The van der Waals surface area contributed by atoms with Crippen LogP contribution < -0.4 is 11.1 Å². The first-order valence-corrected chi connectivity index (χ1v) is 7.55. The second kappa shape index (κ2) is 7.88. The van der Waals surface area contributed by atoms with Gasteiger partial charge in [-0.25, -0.2) is 0 Å². The van der Waals surface area contributed by atoms with Gasteiger partial charge in [-0.2, -0.15) is 0 Å². The lowest BCUT2D eigenvalue weighted by Gasteiger charge is -2.17. The molecule has 1 atom stereocenters. The molecule has 1 amide bonds. The summed E-state index contributed by atoms with van der Waals surface area (Å²) in [6, 6.07) is 5.38. The Bertz CT molecular complexity index is 437. The van der Waals surface area contributed by atoms with Gasteiger partial charge in [-0.1, -0.05) is 31.5 Å². The Morgan fingerprint density at radius 2 is 2.16 bits per heavy atom. The third kappa shape index (κ3) is 5.51. The molecule has 3 nitrogen and oxygen atoms in total. The summed E-state index contributed by atoms with van der Waals surface area (Å²) < 4.78 is 0.707. The standard InChI is InChI=1S/C14H20BrClN2O/c1-9(2)6-10(8-17)7-13(19)18-12-5-3-4-11(16)14(12)15/h3-5,9-10H,6-8,17H2,1-2H3,(H,18,19). The Kier molecular flexibility index (Phi) is 6.83. The maximum Gasteiger partial charge on any atom is 0.224 e. The minimum atomic E-state index is -0.0286. The smallest absolute Gasteiger partial charge is 0.224 e. The van der Waals surface area contributed by atoms with Crippen LogP contribution in [0.25, 0.3) is 0 Å². The molecule has 1 aromatic rings. The minimum Gasteiger partial charge on any atom is -0.330 e. The molecule has 5 heteroatoms. The highest BCUT2D eigenvalue weighted by molar-refractivity contribution is 9.10. The number of benzene rings is 1. The summed E-state index contributed by atoms with van der Waals surface area (Å²) in [7, 11) is 0. The number of carbonyl (C=O) groups excluding carboxylic acids is 1. The van der Waals surface area contributed by atoms with E-state index >= 15 is 0 Å². The van der Waals surface area contributed by atoms with Crippen molar-refractivity contribution in [2.45, 2.75) is 26.7 Å². The van der Waals surface area contributed by atoms with E-state index in [1.54, 1.807) is 12.1 Å². The molecule has 0 aliphatic carbocycles. The Morgan fingerprint density at radius 3 is 2.74 bits per heavy atom. The predicted octanol–water partition coefficient (Wildman–Crippen LogP) is 4.05. The molecule has 0 heterocycles. The van der Waals surface area contributed by atoms with E-state index in [1.807, 2.05) is 6.07 Å². The number of rotatable bonds is 6. The van der Waals surface area contributed by atoms with E-state index < -0.39 is 0 Å². The highest BCUT2D eigenvalue weighted by atomic mass is 79.9. The van der Waals surface area contributed by atoms with Crippen molar-refractivity contribution in [3.8, 4) is 0 Å². The number of carbonyl (C=O) groups is 1. The Morgan fingerprint density at radius 1 is 1.47 bits per heavy atom. The van der Waals surface area contributed by atoms with Crippen molar-refractivity contribution < 1.29 is 4.79 Å². The first-order chi connectivity index (χ1) is 8.93. The zero-order valence-corrected chi connectivity index (χ0v) is 13.6. The third-order valence-corrected chi connectivity index (χ3v) is 4.24. The second-order valence-electron chi connectivity index (χ2n) is 5.08. The quantitative estimate of drug-likeness (QED) is 0.815. The van der Waals surface area contributed by atoms with Crippen molar-refractivity contribution >= 4 is 39.1 Å². The maximum atomic E-state index is 12.0. The van der Waals surface area contributed by atoms with Crippen LogP contribution in [0.3, 0.4) is 0 Å². The molecule has 3 N–H and O–H groups in total. The van der Waals surface area contributed by atoms with Crippen LogP contribution in [-0.4, -0.2) is 12.5 Å². The number of anilines is 1. The van der Waals surface area contributed by atoms with Crippen molar-refractivity contribution in [3.05, 3.63) is 27.7 Å². The van der Waals surface area contributed by atoms with E-state index in [2.05, 4.69) is 35.1 Å². The molecule has 0 aromatic heterocycles. The molecule has 1 unspecified atom stereocenters. The van der Waals surface area contributed by atoms with E-state index in [1.165, 1.54) is 0 Å². The van der Waals surface area contributed by atoms with Crippen LogP contribution in [0, 0.1) is 11.8 Å². The summed E-state index contributed by atoms with van der Waals surface area (Å²) in [5.41, 5.74) is 6.40. The molecule has 0 fully saturated rings. The number of hydrogen-bond donors (Lipinski definition) is 2. The fraction of sp³-hybridized carbons (Fsp3) is 0.500. The van der Waals surface area contributed by atoms with Gasteiger partial charge >= 0.3 is 0 Å². The number of hydrogen-bond acceptors (Lipinski definition) is 2. The van der Waals surface area contributed by atoms with E-state index in [-0.39, 0.29) is 11.8 Å². The average molecular weight is 348 g/mol. The van der Waals surface area contributed by atoms with Crippen LogP contribution in [0.2, 0.25) is 5.02 Å². The molecule has 1 aromatic carbocycles. The molecular weight excluding hydrogens is 328 g/mol. The Balaban J connectivity index is 2.62. The number of amides is 1. The summed E-state index contributed by atoms with van der Waals surface area (Å²) >= 11 is 9.34. The molecule has 0 saturated heterocycles. The molecule has 0 saturated carbocycles. The summed E-state index contributed by atoms with van der Waals surface area (Å²) in [6.07, 6.45) is 1.40. The van der Waals surface area contributed by atoms with Gasteiger partial charge in [-0.3, -0.25) is 4.79 Å². The van der Waals surface area contributed by atoms with Gasteiger partial charge in [0.15, 0.2) is 0 Å². The van der Waals surface area contributed by atoms with E-state index in [9.17, 15) is 4.79 Å². The van der Waals surface area contributed by atoms with Gasteiger partial charge in [0.2, 0.25) is 5.91 Å². The van der Waals surface area contributed by atoms with E-state index in [0.29, 0.717) is 34.1 Å². The highest BCUT2D eigenvalue weighted by Gasteiger charge is 2.15. The van der Waals surface area contributed by atoms with Gasteiger partial charge < -0.3 is 11.1 Å². The molecule has 0 bridgehead atoms. The van der Waals surface area contributed by atoms with Gasteiger partial charge in [-0.05, 0) is 52.9 Å². The third-order valence-electron chi connectivity index (χ3n) is 2.84. The Hall–Kier alpha value is -0.580. The summed E-state index contributed by atoms with van der Waals surface area (Å²) in [5, 5.41) is 3.44. The van der Waals surface area contributed by atoms with Gasteiger partial charge in [0.05, 0.1) is 15.2 Å². The normalized spacial score (nSPS) is 12.5. The second-order valence-corrected chi connectivity index (χ2v) is 6.29. The minimum absolute atomic E-state index is 0.0286. The summed E-state index contributed by atoms with van der Waals surface area (Å²) in [4.78, 5) is 12.0. The first-order valence-electron chi connectivity index (χ1n) is 6.38. The van der Waals surface area contributed by atoms with Crippen LogP contribution in [0.5, 0.6) is 0 Å². The summed E-state index contributed by atoms with van der Waals surface area (Å²) in [5.74, 6) is 0.733. The molecule has 0 aliphatic heterocycles. The number of halogens is 2. The van der Waals surface area contributed by atoms with Gasteiger partial charge in [-0.15, -0.1) is 0 Å². The van der Waals surface area contributed by atoms with Crippen molar-refractivity contribution in [2.24, 2.45) is 17.6 Å². The van der Waals surface area contributed by atoms with Gasteiger partial charge in [0, 0.05) is 6.42 Å². The van der Waals surface area contributed by atoms with E-state index in [0.717, 1.165) is 6.42 Å². The zero-order chi connectivity index (χ0) is 14.4. The van der Waals surface area contributed by atoms with Crippen molar-refractivity contribution in [1.29, 1.82) is 0 Å².